The van der Waals surface area contributed by atoms with Gasteiger partial charge in [0, 0.05) is 23.1 Å². The Morgan fingerprint density at radius 3 is 2.53 bits per heavy atom. The van der Waals surface area contributed by atoms with Crippen LogP contribution in [0, 0.1) is 26.9 Å². The first-order chi connectivity index (χ1) is 15.0. The van der Waals surface area contributed by atoms with E-state index in [1.807, 2.05) is 22.6 Å². The molecule has 0 radical (unpaired) electrons. The van der Waals surface area contributed by atoms with Crippen molar-refractivity contribution in [2.45, 2.75) is 44.3 Å². The standard InChI is InChI=1S/C23H26F3IN2O3/c1-23(32,15-5-3-4-6-19(15)30)12-29(2)22(31)14-8-9-16(24)20(26)21(14)28-18-10-7-13(27)11-17(18)25/h7-11,15,19,28,30,32H,3-6,12H2,1-2H3/t15-,19+,23-/m1/s1. The van der Waals surface area contributed by atoms with Crippen LogP contribution in [0.3, 0.4) is 0 Å². The molecule has 0 bridgehead atoms. The van der Waals surface area contributed by atoms with Gasteiger partial charge in [0.1, 0.15) is 5.82 Å². The van der Waals surface area contributed by atoms with E-state index in [0.717, 1.165) is 25.0 Å². The SMILES string of the molecule is CN(C[C@@](C)(O)[C@@H]1CCCC[C@@H]1O)C(=O)c1ccc(F)c(F)c1Nc1ccc(I)cc1F. The van der Waals surface area contributed by atoms with Crippen molar-refractivity contribution < 1.29 is 28.2 Å². The Labute approximate surface area is 198 Å². The maximum Gasteiger partial charge on any atom is 0.255 e. The zero-order valence-corrected chi connectivity index (χ0v) is 20.0. The lowest BCUT2D eigenvalue weighted by molar-refractivity contribution is -0.0854. The molecule has 0 spiro atoms. The minimum Gasteiger partial charge on any atom is -0.393 e. The van der Waals surface area contributed by atoms with Gasteiger partial charge in [-0.2, -0.15) is 0 Å². The molecule has 2 aromatic rings. The van der Waals surface area contributed by atoms with Crippen LogP contribution in [0.25, 0.3) is 0 Å². The third kappa shape index (κ3) is 5.37. The fraction of sp³-hybridized carbons (Fsp3) is 0.435. The number of amides is 1. The number of carbonyl (C=O) groups excluding carboxylic acids is 1. The summed E-state index contributed by atoms with van der Waals surface area (Å²) in [7, 11) is 1.43. The van der Waals surface area contributed by atoms with Gasteiger partial charge in [-0.25, -0.2) is 13.2 Å². The summed E-state index contributed by atoms with van der Waals surface area (Å²) < 4.78 is 43.5. The lowest BCUT2D eigenvalue weighted by Crippen LogP contribution is -2.51. The largest absolute Gasteiger partial charge is 0.393 e. The fourth-order valence-corrected chi connectivity index (χ4v) is 4.74. The number of aliphatic hydroxyl groups excluding tert-OH is 1. The molecule has 174 valence electrons. The van der Waals surface area contributed by atoms with Gasteiger partial charge in [0.25, 0.3) is 5.91 Å². The van der Waals surface area contributed by atoms with E-state index in [1.165, 1.54) is 24.1 Å². The molecule has 0 heterocycles. The van der Waals surface area contributed by atoms with Gasteiger partial charge < -0.3 is 20.4 Å². The number of anilines is 2. The molecule has 9 heteroatoms. The Bertz CT molecular complexity index is 1000. The molecule has 0 saturated heterocycles. The number of carbonyl (C=O) groups is 1. The van der Waals surface area contributed by atoms with Gasteiger partial charge >= 0.3 is 0 Å². The lowest BCUT2D eigenvalue weighted by atomic mass is 9.75. The summed E-state index contributed by atoms with van der Waals surface area (Å²) in [5, 5.41) is 23.8. The summed E-state index contributed by atoms with van der Waals surface area (Å²) in [6, 6.07) is 6.13. The van der Waals surface area contributed by atoms with Crippen molar-refractivity contribution in [2.24, 2.45) is 5.92 Å². The van der Waals surface area contributed by atoms with Crippen molar-refractivity contribution in [3.8, 4) is 0 Å². The van der Waals surface area contributed by atoms with Crippen molar-refractivity contribution in [1.29, 1.82) is 0 Å². The molecule has 0 aliphatic heterocycles. The Morgan fingerprint density at radius 1 is 1.19 bits per heavy atom. The van der Waals surface area contributed by atoms with Gasteiger partial charge in [0.05, 0.1) is 28.6 Å². The smallest absolute Gasteiger partial charge is 0.255 e. The topological polar surface area (TPSA) is 72.8 Å². The first kappa shape index (κ1) is 24.8. The fourth-order valence-electron chi connectivity index (χ4n) is 4.29. The molecular formula is C23H26F3IN2O3. The highest BCUT2D eigenvalue weighted by molar-refractivity contribution is 14.1. The molecule has 5 nitrogen and oxygen atoms in total. The molecule has 1 aliphatic rings. The third-order valence-electron chi connectivity index (χ3n) is 5.95. The van der Waals surface area contributed by atoms with Crippen LogP contribution >= 0.6 is 22.6 Å². The number of aliphatic hydroxyl groups is 2. The molecule has 1 aliphatic carbocycles. The van der Waals surface area contributed by atoms with E-state index in [1.54, 1.807) is 13.0 Å². The number of rotatable bonds is 6. The lowest BCUT2D eigenvalue weighted by Gasteiger charge is -2.41. The number of hydrogen-bond acceptors (Lipinski definition) is 4. The second-order valence-electron chi connectivity index (χ2n) is 8.51. The molecule has 1 amide bonds. The van der Waals surface area contributed by atoms with E-state index in [0.29, 0.717) is 16.4 Å². The Hall–Kier alpha value is -1.85. The van der Waals surface area contributed by atoms with Crippen LogP contribution in [0.15, 0.2) is 30.3 Å². The monoisotopic (exact) mass is 562 g/mol. The van der Waals surface area contributed by atoms with Crippen molar-refractivity contribution in [1.82, 2.24) is 4.90 Å². The average molecular weight is 562 g/mol. The number of halogens is 4. The molecule has 1 saturated carbocycles. The molecule has 32 heavy (non-hydrogen) atoms. The highest BCUT2D eigenvalue weighted by Crippen LogP contribution is 2.34. The number of nitrogens with one attached hydrogen (secondary N) is 1. The second kappa shape index (κ2) is 9.96. The van der Waals surface area contributed by atoms with E-state index >= 15 is 0 Å². The van der Waals surface area contributed by atoms with Crippen LogP contribution < -0.4 is 5.32 Å². The van der Waals surface area contributed by atoms with E-state index in [2.05, 4.69) is 5.32 Å². The highest BCUT2D eigenvalue weighted by atomic mass is 127. The van der Waals surface area contributed by atoms with E-state index in [4.69, 9.17) is 0 Å². The first-order valence-electron chi connectivity index (χ1n) is 10.4. The zero-order chi connectivity index (χ0) is 23.6. The van der Waals surface area contributed by atoms with Crippen molar-refractivity contribution in [2.75, 3.05) is 18.9 Å². The van der Waals surface area contributed by atoms with Crippen LogP contribution in [-0.4, -0.2) is 46.3 Å². The van der Waals surface area contributed by atoms with Crippen molar-refractivity contribution in [3.05, 3.63) is 56.9 Å². The number of hydrogen-bond donors (Lipinski definition) is 3. The molecule has 3 N–H and O–H groups in total. The normalized spacial score (nSPS) is 20.5. The summed E-state index contributed by atoms with van der Waals surface area (Å²) in [5.74, 6) is -4.26. The number of benzene rings is 2. The van der Waals surface area contributed by atoms with Gasteiger partial charge in [-0.3, -0.25) is 4.79 Å². The quantitative estimate of drug-likeness (QED) is 0.442. The molecule has 2 aromatic carbocycles. The summed E-state index contributed by atoms with van der Waals surface area (Å²) in [4.78, 5) is 14.3. The second-order valence-corrected chi connectivity index (χ2v) is 9.76. The van der Waals surface area contributed by atoms with Crippen LogP contribution in [0.1, 0.15) is 43.0 Å². The Kier molecular flexibility index (Phi) is 7.72. The molecule has 1 fully saturated rings. The minimum absolute atomic E-state index is 0.107. The van der Waals surface area contributed by atoms with E-state index in [9.17, 15) is 28.2 Å². The highest BCUT2D eigenvalue weighted by Gasteiger charge is 2.40. The summed E-state index contributed by atoms with van der Waals surface area (Å²) in [5.41, 5.74) is -2.17. The van der Waals surface area contributed by atoms with Gasteiger partial charge in [-0.15, -0.1) is 0 Å². The number of nitrogens with zero attached hydrogens (tertiary/aromatic N) is 1. The molecule has 3 atom stereocenters. The first-order valence-corrected chi connectivity index (χ1v) is 11.4. The van der Waals surface area contributed by atoms with Gasteiger partial charge in [-0.05, 0) is 72.7 Å². The summed E-state index contributed by atoms with van der Waals surface area (Å²) in [6.45, 7) is 1.44. The van der Waals surface area contributed by atoms with Crippen LogP contribution in [0.4, 0.5) is 24.5 Å². The Morgan fingerprint density at radius 2 is 1.88 bits per heavy atom. The van der Waals surface area contributed by atoms with Gasteiger partial charge in [0.15, 0.2) is 11.6 Å². The minimum atomic E-state index is -1.38. The van der Waals surface area contributed by atoms with Crippen LogP contribution in [-0.2, 0) is 0 Å². The molecule has 0 unspecified atom stereocenters. The van der Waals surface area contributed by atoms with Crippen LogP contribution in [0.2, 0.25) is 0 Å². The average Bonchev–Trinajstić information content (AvgIpc) is 2.72. The zero-order valence-electron chi connectivity index (χ0n) is 17.8. The predicted molar refractivity (Wildman–Crippen MR) is 124 cm³/mol. The predicted octanol–water partition coefficient (Wildman–Crippen LogP) is 4.83. The maximum absolute atomic E-state index is 14.6. The van der Waals surface area contributed by atoms with Crippen LogP contribution in [0.5, 0.6) is 0 Å². The van der Waals surface area contributed by atoms with Crippen molar-refractivity contribution >= 4 is 39.9 Å². The summed E-state index contributed by atoms with van der Waals surface area (Å²) in [6.07, 6.45) is 2.28. The van der Waals surface area contributed by atoms with Crippen molar-refractivity contribution in [3.63, 3.8) is 0 Å². The van der Waals surface area contributed by atoms with Gasteiger partial charge in [0.2, 0.25) is 0 Å². The summed E-state index contributed by atoms with van der Waals surface area (Å²) >= 11 is 1.92. The maximum atomic E-state index is 14.6. The molecule has 3 rings (SSSR count). The van der Waals surface area contributed by atoms with E-state index < -0.39 is 46.7 Å². The van der Waals surface area contributed by atoms with Gasteiger partial charge in [-0.1, -0.05) is 12.8 Å². The Balaban J connectivity index is 1.88. The molecular weight excluding hydrogens is 536 g/mol. The van der Waals surface area contributed by atoms with E-state index in [-0.39, 0.29) is 17.8 Å². The third-order valence-corrected chi connectivity index (χ3v) is 6.62. The molecule has 0 aromatic heterocycles. The number of likely N-dealkylation sites (N-methyl/N-ethyl adjacent to an activating group) is 1.